The van der Waals surface area contributed by atoms with Gasteiger partial charge in [-0.1, -0.05) is 66.2 Å². The van der Waals surface area contributed by atoms with Crippen molar-refractivity contribution in [2.24, 2.45) is 0 Å². The Morgan fingerprint density at radius 1 is 0.880 bits per heavy atom. The maximum atomic E-state index is 13.2. The minimum Gasteiger partial charge on any atom is -0.288 e. The van der Waals surface area contributed by atoms with E-state index in [0.29, 0.717) is 11.3 Å². The van der Waals surface area contributed by atoms with Crippen LogP contribution in [-0.2, 0) is 0 Å². The monoisotopic (exact) mass is 326 g/mol. The number of hydrogen-bond acceptors (Lipinski definition) is 2. The summed E-state index contributed by atoms with van der Waals surface area (Å²) < 4.78 is 0. The lowest BCUT2D eigenvalue weighted by Gasteiger charge is -2.28. The minimum absolute atomic E-state index is 0.195. The summed E-state index contributed by atoms with van der Waals surface area (Å²) in [5, 5.41) is 9.82. The van der Waals surface area contributed by atoms with E-state index in [1.807, 2.05) is 79.7 Å². The molecule has 0 aliphatic carbocycles. The minimum atomic E-state index is -0.698. The molecule has 3 rings (SSSR count). The third kappa shape index (κ3) is 3.59. The summed E-state index contributed by atoms with van der Waals surface area (Å²) in [6.45, 7) is 1.99. The molecule has 0 radical (unpaired) electrons. The van der Waals surface area contributed by atoms with E-state index in [0.717, 1.165) is 11.1 Å². The van der Waals surface area contributed by atoms with Crippen molar-refractivity contribution in [3.8, 4) is 6.07 Å². The van der Waals surface area contributed by atoms with E-state index in [1.165, 1.54) is 0 Å². The Morgan fingerprint density at radius 2 is 1.44 bits per heavy atom. The maximum absolute atomic E-state index is 13.2. The number of benzene rings is 3. The molecule has 0 bridgehead atoms. The molecule has 0 aliphatic heterocycles. The molecule has 0 aliphatic rings. The van der Waals surface area contributed by atoms with Crippen LogP contribution in [0.2, 0.25) is 0 Å². The summed E-state index contributed by atoms with van der Waals surface area (Å²) >= 11 is 0. The Bertz CT molecular complexity index is 881. The van der Waals surface area contributed by atoms with E-state index in [-0.39, 0.29) is 5.91 Å². The van der Waals surface area contributed by atoms with Crippen molar-refractivity contribution >= 4 is 11.6 Å². The number of rotatable bonds is 4. The summed E-state index contributed by atoms with van der Waals surface area (Å²) in [6.07, 6.45) is 0. The highest BCUT2D eigenvalue weighted by molar-refractivity contribution is 6.06. The number of hydrogen-bond donors (Lipinski definition) is 0. The SMILES string of the molecule is Cc1ccc(N(C(=O)c2ccccc2)C(C#N)c2ccccc2)cc1. The van der Waals surface area contributed by atoms with Crippen LogP contribution >= 0.6 is 0 Å². The Balaban J connectivity index is 2.10. The van der Waals surface area contributed by atoms with Crippen LogP contribution in [0.25, 0.3) is 0 Å². The number of nitriles is 1. The molecular formula is C22H18N2O. The average Bonchev–Trinajstić information content (AvgIpc) is 2.68. The van der Waals surface area contributed by atoms with E-state index in [4.69, 9.17) is 0 Å². The average molecular weight is 326 g/mol. The van der Waals surface area contributed by atoms with Gasteiger partial charge < -0.3 is 0 Å². The van der Waals surface area contributed by atoms with E-state index in [1.54, 1.807) is 17.0 Å². The Kier molecular flexibility index (Phi) is 4.92. The van der Waals surface area contributed by atoms with Crippen molar-refractivity contribution < 1.29 is 4.79 Å². The van der Waals surface area contributed by atoms with Gasteiger partial charge in [0.25, 0.3) is 5.91 Å². The van der Waals surface area contributed by atoms with Crippen molar-refractivity contribution in [1.82, 2.24) is 0 Å². The van der Waals surface area contributed by atoms with Crippen molar-refractivity contribution in [3.63, 3.8) is 0 Å². The topological polar surface area (TPSA) is 44.1 Å². The second-order valence-electron chi connectivity index (χ2n) is 5.82. The summed E-state index contributed by atoms with van der Waals surface area (Å²) in [4.78, 5) is 14.7. The van der Waals surface area contributed by atoms with E-state index < -0.39 is 6.04 Å². The fraction of sp³-hybridized carbons (Fsp3) is 0.0909. The highest BCUT2D eigenvalue weighted by Crippen LogP contribution is 2.29. The van der Waals surface area contributed by atoms with Gasteiger partial charge in [0.05, 0.1) is 6.07 Å². The second-order valence-corrected chi connectivity index (χ2v) is 5.82. The summed E-state index contributed by atoms with van der Waals surface area (Å²) in [5.41, 5.74) is 3.15. The molecule has 0 N–H and O–H groups in total. The van der Waals surface area contributed by atoms with Crippen LogP contribution in [0.1, 0.15) is 27.5 Å². The number of amides is 1. The molecule has 0 saturated heterocycles. The van der Waals surface area contributed by atoms with Gasteiger partial charge in [-0.2, -0.15) is 5.26 Å². The quantitative estimate of drug-likeness (QED) is 0.684. The van der Waals surface area contributed by atoms with Crippen LogP contribution in [-0.4, -0.2) is 5.91 Å². The molecule has 0 heterocycles. The summed E-state index contributed by atoms with van der Waals surface area (Å²) in [5.74, 6) is -0.195. The van der Waals surface area contributed by atoms with Gasteiger partial charge in [0.15, 0.2) is 0 Å². The van der Waals surface area contributed by atoms with Gasteiger partial charge in [-0.3, -0.25) is 9.69 Å². The van der Waals surface area contributed by atoms with Crippen molar-refractivity contribution in [1.29, 1.82) is 5.26 Å². The van der Waals surface area contributed by atoms with Crippen LogP contribution < -0.4 is 4.90 Å². The Labute approximate surface area is 147 Å². The molecule has 1 atom stereocenters. The summed E-state index contributed by atoms with van der Waals surface area (Å²) in [6, 6.07) is 27.7. The molecule has 1 unspecified atom stereocenters. The normalized spacial score (nSPS) is 11.4. The van der Waals surface area contributed by atoms with Crippen LogP contribution in [0.5, 0.6) is 0 Å². The van der Waals surface area contributed by atoms with Gasteiger partial charge in [0.1, 0.15) is 6.04 Å². The van der Waals surface area contributed by atoms with E-state index in [2.05, 4.69) is 6.07 Å². The zero-order chi connectivity index (χ0) is 17.6. The number of carbonyl (C=O) groups excluding carboxylic acids is 1. The second kappa shape index (κ2) is 7.46. The molecule has 3 heteroatoms. The van der Waals surface area contributed by atoms with Crippen LogP contribution in [0.15, 0.2) is 84.9 Å². The molecule has 25 heavy (non-hydrogen) atoms. The van der Waals surface area contributed by atoms with E-state index >= 15 is 0 Å². The fourth-order valence-corrected chi connectivity index (χ4v) is 2.73. The third-order valence-corrected chi connectivity index (χ3v) is 4.05. The largest absolute Gasteiger partial charge is 0.288 e. The number of nitrogens with zero attached hydrogens (tertiary/aromatic N) is 2. The molecule has 3 aromatic carbocycles. The molecule has 1 amide bonds. The van der Waals surface area contributed by atoms with Crippen molar-refractivity contribution in [2.75, 3.05) is 4.90 Å². The third-order valence-electron chi connectivity index (χ3n) is 4.05. The van der Waals surface area contributed by atoms with Crippen LogP contribution in [0, 0.1) is 18.3 Å². The summed E-state index contributed by atoms with van der Waals surface area (Å²) in [7, 11) is 0. The number of carbonyl (C=O) groups is 1. The molecular weight excluding hydrogens is 308 g/mol. The fourth-order valence-electron chi connectivity index (χ4n) is 2.73. The van der Waals surface area contributed by atoms with Crippen LogP contribution in [0.4, 0.5) is 5.69 Å². The predicted octanol–water partition coefficient (Wildman–Crippen LogP) is 4.91. The first-order valence-electron chi connectivity index (χ1n) is 8.10. The standard InChI is InChI=1S/C22H18N2O/c1-17-12-14-20(15-13-17)24(22(25)19-10-6-3-7-11-19)21(16-23)18-8-4-2-5-9-18/h2-15,21H,1H3. The van der Waals surface area contributed by atoms with Gasteiger partial charge in [-0.25, -0.2) is 0 Å². The van der Waals surface area contributed by atoms with Gasteiger partial charge in [-0.15, -0.1) is 0 Å². The van der Waals surface area contributed by atoms with Gasteiger partial charge in [0, 0.05) is 11.3 Å². The van der Waals surface area contributed by atoms with Gasteiger partial charge >= 0.3 is 0 Å². The Morgan fingerprint density at radius 3 is 2.00 bits per heavy atom. The van der Waals surface area contributed by atoms with Crippen molar-refractivity contribution in [3.05, 3.63) is 102 Å². The van der Waals surface area contributed by atoms with Gasteiger partial charge in [0.2, 0.25) is 0 Å². The smallest absolute Gasteiger partial charge is 0.259 e. The molecule has 3 aromatic rings. The highest BCUT2D eigenvalue weighted by atomic mass is 16.2. The first kappa shape index (κ1) is 16.5. The number of aryl methyl sites for hydroxylation is 1. The number of anilines is 1. The molecule has 0 spiro atoms. The molecule has 122 valence electrons. The predicted molar refractivity (Wildman–Crippen MR) is 99.2 cm³/mol. The lowest BCUT2D eigenvalue weighted by Crippen LogP contribution is -2.34. The highest BCUT2D eigenvalue weighted by Gasteiger charge is 2.27. The lowest BCUT2D eigenvalue weighted by molar-refractivity contribution is 0.0981. The molecule has 0 aromatic heterocycles. The molecule has 3 nitrogen and oxygen atoms in total. The van der Waals surface area contributed by atoms with Crippen LogP contribution in [0.3, 0.4) is 0 Å². The lowest BCUT2D eigenvalue weighted by atomic mass is 10.0. The Hall–Kier alpha value is -3.38. The zero-order valence-corrected chi connectivity index (χ0v) is 14.0. The molecule has 0 fully saturated rings. The first-order chi connectivity index (χ1) is 12.2. The molecule has 0 saturated carbocycles. The zero-order valence-electron chi connectivity index (χ0n) is 14.0. The first-order valence-corrected chi connectivity index (χ1v) is 8.10. The van der Waals surface area contributed by atoms with E-state index in [9.17, 15) is 10.1 Å². The van der Waals surface area contributed by atoms with Gasteiger partial charge in [-0.05, 0) is 36.8 Å². The van der Waals surface area contributed by atoms with Crippen molar-refractivity contribution in [2.45, 2.75) is 13.0 Å². The maximum Gasteiger partial charge on any atom is 0.259 e.